The van der Waals surface area contributed by atoms with Crippen molar-refractivity contribution in [1.82, 2.24) is 10.2 Å². The molecule has 1 fully saturated rings. The molecule has 0 bridgehead atoms. The molecule has 1 aliphatic rings. The molecule has 2 rings (SSSR count). The fourth-order valence-corrected chi connectivity index (χ4v) is 2.48. The molecule has 1 aliphatic heterocycles. The second-order valence-corrected chi connectivity index (χ2v) is 4.79. The number of nitrogens with zero attached hydrogens (tertiary/aromatic N) is 1. The van der Waals surface area contributed by atoms with Gasteiger partial charge in [-0.15, -0.1) is 0 Å². The van der Waals surface area contributed by atoms with Crippen molar-refractivity contribution in [1.29, 1.82) is 0 Å². The topological polar surface area (TPSA) is 24.5 Å². The van der Waals surface area contributed by atoms with E-state index in [0.29, 0.717) is 11.4 Å². The molecule has 0 unspecified atom stereocenters. The highest BCUT2D eigenvalue weighted by Crippen LogP contribution is 2.29. The minimum absolute atomic E-state index is 0.276. The van der Waals surface area contributed by atoms with Gasteiger partial charge in [-0.25, -0.2) is 4.39 Å². The predicted molar refractivity (Wildman–Crippen MR) is 71.0 cm³/mol. The van der Waals surface area contributed by atoms with Crippen LogP contribution in [-0.4, -0.2) is 44.7 Å². The Kier molecular flexibility index (Phi) is 4.80. The first-order valence-corrected chi connectivity index (χ1v) is 6.54. The van der Waals surface area contributed by atoms with Crippen molar-refractivity contribution in [3.8, 4) is 5.75 Å². The van der Waals surface area contributed by atoms with E-state index in [-0.39, 0.29) is 11.6 Å². The molecule has 0 saturated carbocycles. The molecule has 1 saturated heterocycles. The Morgan fingerprint density at radius 2 is 2.11 bits per heavy atom. The highest BCUT2D eigenvalue weighted by atomic mass is 35.5. The fourth-order valence-electron chi connectivity index (χ4n) is 2.23. The van der Waals surface area contributed by atoms with E-state index in [1.165, 1.54) is 13.2 Å². The number of rotatable bonds is 4. The van der Waals surface area contributed by atoms with Gasteiger partial charge in [0.05, 0.1) is 7.11 Å². The number of piperazine rings is 1. The molecule has 1 aromatic rings. The molecule has 1 N–H and O–H groups in total. The van der Waals surface area contributed by atoms with E-state index in [0.717, 1.165) is 38.3 Å². The van der Waals surface area contributed by atoms with Crippen LogP contribution in [0.3, 0.4) is 0 Å². The molecule has 0 aliphatic carbocycles. The van der Waals surface area contributed by atoms with Crippen LogP contribution in [0.25, 0.3) is 0 Å². The Morgan fingerprint density at radius 1 is 1.39 bits per heavy atom. The Morgan fingerprint density at radius 3 is 2.78 bits per heavy atom. The van der Waals surface area contributed by atoms with Crippen molar-refractivity contribution in [3.63, 3.8) is 0 Å². The van der Waals surface area contributed by atoms with Crippen LogP contribution < -0.4 is 10.1 Å². The average molecular weight is 273 g/mol. The van der Waals surface area contributed by atoms with Gasteiger partial charge in [0.25, 0.3) is 0 Å². The molecule has 1 heterocycles. The van der Waals surface area contributed by atoms with Gasteiger partial charge in [0, 0.05) is 43.3 Å². The summed E-state index contributed by atoms with van der Waals surface area (Å²) in [6, 6.07) is 2.93. The number of ether oxygens (including phenoxy) is 1. The van der Waals surface area contributed by atoms with E-state index in [1.807, 2.05) is 0 Å². The normalized spacial score (nSPS) is 16.8. The smallest absolute Gasteiger partial charge is 0.165 e. The second-order valence-electron chi connectivity index (χ2n) is 4.38. The molecule has 0 atom stereocenters. The number of nitrogens with one attached hydrogen (secondary N) is 1. The van der Waals surface area contributed by atoms with E-state index >= 15 is 0 Å². The van der Waals surface area contributed by atoms with Crippen LogP contribution in [0.15, 0.2) is 12.1 Å². The van der Waals surface area contributed by atoms with Gasteiger partial charge < -0.3 is 15.0 Å². The largest absolute Gasteiger partial charge is 0.493 e. The van der Waals surface area contributed by atoms with Gasteiger partial charge in [-0.05, 0) is 18.6 Å². The predicted octanol–water partition coefficient (Wildman–Crippen LogP) is 1.94. The van der Waals surface area contributed by atoms with Gasteiger partial charge in [0.2, 0.25) is 0 Å². The Balaban J connectivity index is 2.05. The number of benzene rings is 1. The monoisotopic (exact) mass is 272 g/mol. The molecule has 18 heavy (non-hydrogen) atoms. The van der Waals surface area contributed by atoms with Crippen LogP contribution in [0.5, 0.6) is 5.75 Å². The highest BCUT2D eigenvalue weighted by molar-refractivity contribution is 6.31. The summed E-state index contributed by atoms with van der Waals surface area (Å²) >= 11 is 6.12. The first kappa shape index (κ1) is 13.6. The summed E-state index contributed by atoms with van der Waals surface area (Å²) in [5.41, 5.74) is 0.762. The zero-order chi connectivity index (χ0) is 13.0. The van der Waals surface area contributed by atoms with Gasteiger partial charge in [0.15, 0.2) is 11.6 Å². The summed E-state index contributed by atoms with van der Waals surface area (Å²) < 4.78 is 18.7. The van der Waals surface area contributed by atoms with Gasteiger partial charge in [-0.3, -0.25) is 0 Å². The summed E-state index contributed by atoms with van der Waals surface area (Å²) in [5.74, 6) is -0.0742. The average Bonchev–Trinajstić information content (AvgIpc) is 2.41. The third kappa shape index (κ3) is 3.13. The highest BCUT2D eigenvalue weighted by Gasteiger charge is 2.15. The van der Waals surface area contributed by atoms with Crippen molar-refractivity contribution >= 4 is 11.6 Å². The SMILES string of the molecule is COc1c(F)ccc(Cl)c1CCN1CCNCC1. The van der Waals surface area contributed by atoms with Crippen molar-refractivity contribution in [2.75, 3.05) is 39.8 Å². The van der Waals surface area contributed by atoms with Crippen molar-refractivity contribution < 1.29 is 9.13 Å². The number of methoxy groups -OCH3 is 1. The van der Waals surface area contributed by atoms with Crippen molar-refractivity contribution in [2.24, 2.45) is 0 Å². The maximum atomic E-state index is 13.6. The first-order valence-electron chi connectivity index (χ1n) is 6.16. The zero-order valence-electron chi connectivity index (χ0n) is 10.5. The minimum Gasteiger partial charge on any atom is -0.493 e. The lowest BCUT2D eigenvalue weighted by Crippen LogP contribution is -2.44. The third-order valence-corrected chi connectivity index (χ3v) is 3.60. The number of halogens is 2. The van der Waals surface area contributed by atoms with Crippen molar-refractivity contribution in [2.45, 2.75) is 6.42 Å². The quantitative estimate of drug-likeness (QED) is 0.907. The van der Waals surface area contributed by atoms with Crippen LogP contribution in [0.2, 0.25) is 5.02 Å². The molecule has 1 aromatic carbocycles. The minimum atomic E-state index is -0.350. The van der Waals surface area contributed by atoms with Crippen LogP contribution in [0.1, 0.15) is 5.56 Å². The van der Waals surface area contributed by atoms with Crippen LogP contribution >= 0.6 is 11.6 Å². The molecular formula is C13H18ClFN2O. The van der Waals surface area contributed by atoms with Crippen LogP contribution in [0, 0.1) is 5.82 Å². The summed E-state index contributed by atoms with van der Waals surface area (Å²) in [4.78, 5) is 2.34. The Bertz CT molecular complexity index is 408. The Labute approximate surface area is 112 Å². The second kappa shape index (κ2) is 6.36. The summed E-state index contributed by atoms with van der Waals surface area (Å²) in [6.07, 6.45) is 0.708. The van der Waals surface area contributed by atoms with Gasteiger partial charge in [-0.1, -0.05) is 11.6 Å². The maximum absolute atomic E-state index is 13.6. The van der Waals surface area contributed by atoms with E-state index < -0.39 is 0 Å². The summed E-state index contributed by atoms with van der Waals surface area (Å²) in [7, 11) is 1.48. The van der Waals surface area contributed by atoms with E-state index in [9.17, 15) is 4.39 Å². The lowest BCUT2D eigenvalue weighted by atomic mass is 10.1. The van der Waals surface area contributed by atoms with Crippen molar-refractivity contribution in [3.05, 3.63) is 28.5 Å². The fraction of sp³-hybridized carbons (Fsp3) is 0.538. The number of hydrogen-bond donors (Lipinski definition) is 1. The summed E-state index contributed by atoms with van der Waals surface area (Å²) in [5, 5.41) is 3.88. The third-order valence-electron chi connectivity index (χ3n) is 3.25. The van der Waals surface area contributed by atoms with E-state index in [2.05, 4.69) is 10.2 Å². The van der Waals surface area contributed by atoms with Crippen LogP contribution in [0.4, 0.5) is 4.39 Å². The molecule has 5 heteroatoms. The molecule has 100 valence electrons. The zero-order valence-corrected chi connectivity index (χ0v) is 11.3. The molecule has 0 spiro atoms. The summed E-state index contributed by atoms with van der Waals surface area (Å²) in [6.45, 7) is 4.94. The lowest BCUT2D eigenvalue weighted by molar-refractivity contribution is 0.243. The molecule has 0 amide bonds. The van der Waals surface area contributed by atoms with Crippen LogP contribution in [-0.2, 0) is 6.42 Å². The van der Waals surface area contributed by atoms with E-state index in [4.69, 9.17) is 16.3 Å². The molecule has 0 radical (unpaired) electrons. The molecule has 3 nitrogen and oxygen atoms in total. The maximum Gasteiger partial charge on any atom is 0.165 e. The van der Waals surface area contributed by atoms with Gasteiger partial charge in [-0.2, -0.15) is 0 Å². The number of hydrogen-bond acceptors (Lipinski definition) is 3. The molecule has 0 aromatic heterocycles. The standard InChI is InChI=1S/C13H18ClFN2O/c1-18-13-10(11(14)2-3-12(13)15)4-7-17-8-5-16-6-9-17/h2-3,16H,4-9H2,1H3. The van der Waals surface area contributed by atoms with E-state index in [1.54, 1.807) is 6.07 Å². The molecular weight excluding hydrogens is 255 g/mol. The van der Waals surface area contributed by atoms with Gasteiger partial charge in [0.1, 0.15) is 0 Å². The lowest BCUT2D eigenvalue weighted by Gasteiger charge is -2.27. The van der Waals surface area contributed by atoms with Gasteiger partial charge >= 0.3 is 0 Å². The first-order chi connectivity index (χ1) is 8.72. The Hall–Kier alpha value is -0.840.